The second-order valence-electron chi connectivity index (χ2n) is 6.05. The Hall–Kier alpha value is -2.48. The van der Waals surface area contributed by atoms with Gasteiger partial charge in [-0.15, -0.1) is 0 Å². The molecule has 25 heavy (non-hydrogen) atoms. The molecular formula is C20H26N2O3. The lowest BCUT2D eigenvalue weighted by Gasteiger charge is -2.22. The summed E-state index contributed by atoms with van der Waals surface area (Å²) in [5, 5.41) is 12.3. The van der Waals surface area contributed by atoms with E-state index in [0.29, 0.717) is 24.7 Å². The van der Waals surface area contributed by atoms with Crippen molar-refractivity contribution in [2.45, 2.75) is 52.0 Å². The summed E-state index contributed by atoms with van der Waals surface area (Å²) in [5.41, 5.74) is 0.847. The van der Waals surface area contributed by atoms with Crippen molar-refractivity contribution < 1.29 is 14.3 Å². The number of rotatable bonds is 7. The first-order valence-electron chi connectivity index (χ1n) is 9.00. The molecular weight excluding hydrogens is 316 g/mol. The molecule has 0 heterocycles. The van der Waals surface area contributed by atoms with Crippen LogP contribution >= 0.6 is 0 Å². The highest BCUT2D eigenvalue weighted by Gasteiger charge is 2.18. The predicted octanol–water partition coefficient (Wildman–Crippen LogP) is 3.84. The summed E-state index contributed by atoms with van der Waals surface area (Å²) in [4.78, 5) is 12.4. The summed E-state index contributed by atoms with van der Waals surface area (Å²) in [6, 6.07) is 7.60. The van der Waals surface area contributed by atoms with Crippen LogP contribution in [0.3, 0.4) is 0 Å². The lowest BCUT2D eigenvalue weighted by molar-refractivity contribution is -0.117. The van der Waals surface area contributed by atoms with Crippen LogP contribution in [0.15, 0.2) is 23.8 Å². The minimum absolute atomic E-state index is 0.109. The Balaban J connectivity index is 2.15. The van der Waals surface area contributed by atoms with Gasteiger partial charge in [0.05, 0.1) is 13.2 Å². The molecule has 0 spiro atoms. The first-order valence-corrected chi connectivity index (χ1v) is 9.00. The van der Waals surface area contributed by atoms with E-state index in [9.17, 15) is 10.1 Å². The van der Waals surface area contributed by atoms with Gasteiger partial charge in [-0.25, -0.2) is 0 Å². The minimum Gasteiger partial charge on any atom is -0.490 e. The van der Waals surface area contributed by atoms with Gasteiger partial charge in [0.2, 0.25) is 0 Å². The van der Waals surface area contributed by atoms with Gasteiger partial charge in [0.25, 0.3) is 5.91 Å². The van der Waals surface area contributed by atoms with E-state index in [0.717, 1.165) is 31.2 Å². The highest BCUT2D eigenvalue weighted by atomic mass is 16.5. The molecule has 0 atom stereocenters. The molecule has 0 bridgehead atoms. The number of carbonyl (C=O) groups excluding carboxylic acids is 1. The van der Waals surface area contributed by atoms with Crippen LogP contribution in [0, 0.1) is 11.3 Å². The number of benzene rings is 1. The van der Waals surface area contributed by atoms with E-state index >= 15 is 0 Å². The number of nitrogens with one attached hydrogen (secondary N) is 1. The lowest BCUT2D eigenvalue weighted by atomic mass is 9.95. The molecule has 0 saturated heterocycles. The van der Waals surface area contributed by atoms with Gasteiger partial charge < -0.3 is 14.8 Å². The number of nitrogens with zero attached hydrogens (tertiary/aromatic N) is 1. The molecule has 5 heteroatoms. The number of hydrogen-bond acceptors (Lipinski definition) is 4. The highest BCUT2D eigenvalue weighted by molar-refractivity contribution is 6.01. The quantitative estimate of drug-likeness (QED) is 0.604. The van der Waals surface area contributed by atoms with E-state index in [4.69, 9.17) is 9.47 Å². The Morgan fingerprint density at radius 3 is 2.52 bits per heavy atom. The van der Waals surface area contributed by atoms with Gasteiger partial charge in [-0.05, 0) is 50.5 Å². The van der Waals surface area contributed by atoms with Crippen molar-refractivity contribution in [1.82, 2.24) is 5.32 Å². The predicted molar refractivity (Wildman–Crippen MR) is 97.4 cm³/mol. The van der Waals surface area contributed by atoms with Crippen molar-refractivity contribution >= 4 is 12.0 Å². The third-order valence-corrected chi connectivity index (χ3v) is 4.18. The number of carbonyl (C=O) groups is 1. The summed E-state index contributed by atoms with van der Waals surface area (Å²) in [7, 11) is 0. The summed E-state index contributed by atoms with van der Waals surface area (Å²) in [5.74, 6) is 0.969. The summed E-state index contributed by atoms with van der Waals surface area (Å²) < 4.78 is 11.1. The Bertz CT molecular complexity index is 655. The first kappa shape index (κ1) is 18.9. The molecule has 0 unspecified atom stereocenters. The monoisotopic (exact) mass is 342 g/mol. The fourth-order valence-corrected chi connectivity index (χ4v) is 2.98. The van der Waals surface area contributed by atoms with Crippen LogP contribution in [0.25, 0.3) is 6.08 Å². The molecule has 1 aliphatic carbocycles. The molecule has 0 aliphatic heterocycles. The van der Waals surface area contributed by atoms with Gasteiger partial charge in [0.1, 0.15) is 11.6 Å². The van der Waals surface area contributed by atoms with E-state index in [-0.39, 0.29) is 17.5 Å². The molecule has 1 N–H and O–H groups in total. The zero-order valence-electron chi connectivity index (χ0n) is 15.0. The smallest absolute Gasteiger partial charge is 0.262 e. The maximum Gasteiger partial charge on any atom is 0.262 e. The van der Waals surface area contributed by atoms with Gasteiger partial charge in [0.15, 0.2) is 11.5 Å². The first-order chi connectivity index (χ1) is 12.2. The highest BCUT2D eigenvalue weighted by Crippen LogP contribution is 2.29. The third-order valence-electron chi connectivity index (χ3n) is 4.18. The Morgan fingerprint density at radius 2 is 1.88 bits per heavy atom. The van der Waals surface area contributed by atoms with Crippen LogP contribution in [0.2, 0.25) is 0 Å². The standard InChI is InChI=1S/C20H26N2O3/c1-3-24-18-11-10-15(13-19(18)25-4-2)12-16(14-21)20(23)22-17-8-6-5-7-9-17/h10-13,17H,3-9H2,1-2H3,(H,22,23)/b16-12-. The third kappa shape index (κ3) is 5.53. The minimum atomic E-state index is -0.304. The number of amides is 1. The van der Waals surface area contributed by atoms with Gasteiger partial charge in [0, 0.05) is 6.04 Å². The SMILES string of the molecule is CCOc1ccc(/C=C(/C#N)C(=O)NC2CCCCC2)cc1OCC. The average molecular weight is 342 g/mol. The molecule has 2 rings (SSSR count). The van der Waals surface area contributed by atoms with Gasteiger partial charge >= 0.3 is 0 Å². The molecule has 5 nitrogen and oxygen atoms in total. The maximum absolute atomic E-state index is 12.4. The molecule has 1 aromatic carbocycles. The maximum atomic E-state index is 12.4. The second kappa shape index (κ2) is 9.73. The van der Waals surface area contributed by atoms with Crippen LogP contribution in [0.4, 0.5) is 0 Å². The number of nitriles is 1. The van der Waals surface area contributed by atoms with Crippen molar-refractivity contribution in [3.05, 3.63) is 29.3 Å². The van der Waals surface area contributed by atoms with Crippen LogP contribution in [0.5, 0.6) is 11.5 Å². The van der Waals surface area contributed by atoms with Crippen molar-refractivity contribution in [2.24, 2.45) is 0 Å². The Morgan fingerprint density at radius 1 is 1.20 bits per heavy atom. The van der Waals surface area contributed by atoms with Gasteiger partial charge in [-0.3, -0.25) is 4.79 Å². The molecule has 1 fully saturated rings. The molecule has 1 aromatic rings. The summed E-state index contributed by atoms with van der Waals surface area (Å²) in [6.45, 7) is 4.87. The molecule has 0 radical (unpaired) electrons. The van der Waals surface area contributed by atoms with E-state index in [1.54, 1.807) is 18.2 Å². The van der Waals surface area contributed by atoms with Crippen molar-refractivity contribution in [3.63, 3.8) is 0 Å². The van der Waals surface area contributed by atoms with E-state index in [2.05, 4.69) is 5.32 Å². The fraction of sp³-hybridized carbons (Fsp3) is 0.500. The zero-order valence-corrected chi connectivity index (χ0v) is 15.0. The van der Waals surface area contributed by atoms with Crippen LogP contribution in [-0.2, 0) is 4.79 Å². The van der Waals surface area contributed by atoms with Crippen LogP contribution in [0.1, 0.15) is 51.5 Å². The van der Waals surface area contributed by atoms with E-state index in [1.165, 1.54) is 6.42 Å². The van der Waals surface area contributed by atoms with Crippen molar-refractivity contribution in [3.8, 4) is 17.6 Å². The summed E-state index contributed by atoms with van der Waals surface area (Å²) >= 11 is 0. The molecule has 1 aliphatic rings. The lowest BCUT2D eigenvalue weighted by Crippen LogP contribution is -2.36. The number of hydrogen-bond donors (Lipinski definition) is 1. The Labute approximate surface area is 149 Å². The largest absolute Gasteiger partial charge is 0.490 e. The normalized spacial score (nSPS) is 15.3. The molecule has 1 saturated carbocycles. The molecule has 1 amide bonds. The van der Waals surface area contributed by atoms with Crippen LogP contribution < -0.4 is 14.8 Å². The van der Waals surface area contributed by atoms with Gasteiger partial charge in [-0.1, -0.05) is 25.3 Å². The van der Waals surface area contributed by atoms with E-state index < -0.39 is 0 Å². The van der Waals surface area contributed by atoms with Gasteiger partial charge in [-0.2, -0.15) is 5.26 Å². The summed E-state index contributed by atoms with van der Waals surface area (Å²) in [6.07, 6.45) is 7.06. The molecule has 0 aromatic heterocycles. The molecule has 134 valence electrons. The number of ether oxygens (including phenoxy) is 2. The van der Waals surface area contributed by atoms with E-state index in [1.807, 2.05) is 26.0 Å². The van der Waals surface area contributed by atoms with Crippen molar-refractivity contribution in [1.29, 1.82) is 5.26 Å². The van der Waals surface area contributed by atoms with Crippen LogP contribution in [-0.4, -0.2) is 25.2 Å². The zero-order chi connectivity index (χ0) is 18.1. The average Bonchev–Trinajstić information content (AvgIpc) is 2.63. The topological polar surface area (TPSA) is 71.3 Å². The second-order valence-corrected chi connectivity index (χ2v) is 6.05. The fourth-order valence-electron chi connectivity index (χ4n) is 2.98. The Kier molecular flexibility index (Phi) is 7.34. The van der Waals surface area contributed by atoms with Crippen molar-refractivity contribution in [2.75, 3.05) is 13.2 Å².